The molecule has 4 nitrogen and oxygen atoms in total. The van der Waals surface area contributed by atoms with Crippen molar-refractivity contribution in [3.8, 4) is 0 Å². The van der Waals surface area contributed by atoms with Crippen LogP contribution < -0.4 is 16.4 Å². The smallest absolute Gasteiger partial charge is 0.155 e. The summed E-state index contributed by atoms with van der Waals surface area (Å²) >= 11 is 11.8. The lowest BCUT2D eigenvalue weighted by atomic mass is 10.3. The average molecular weight is 247 g/mol. The van der Waals surface area contributed by atoms with E-state index >= 15 is 0 Å². The van der Waals surface area contributed by atoms with Gasteiger partial charge in [0.25, 0.3) is 0 Å². The van der Waals surface area contributed by atoms with Crippen LogP contribution in [0.1, 0.15) is 12.8 Å². The molecule has 0 bridgehead atoms. The molecule has 15 heavy (non-hydrogen) atoms. The summed E-state index contributed by atoms with van der Waals surface area (Å²) in [7, 11) is 0. The van der Waals surface area contributed by atoms with Gasteiger partial charge in [0.1, 0.15) is 10.8 Å². The highest BCUT2D eigenvalue weighted by Crippen LogP contribution is 2.38. The van der Waals surface area contributed by atoms with Gasteiger partial charge in [0.2, 0.25) is 0 Å². The Labute approximate surface area is 98.2 Å². The van der Waals surface area contributed by atoms with Crippen LogP contribution in [0.2, 0.25) is 10.0 Å². The van der Waals surface area contributed by atoms with Crippen molar-refractivity contribution in [2.75, 3.05) is 29.5 Å². The number of halogens is 2. The highest BCUT2D eigenvalue weighted by atomic mass is 35.5. The lowest BCUT2D eigenvalue weighted by Gasteiger charge is -2.20. The van der Waals surface area contributed by atoms with Crippen molar-refractivity contribution in [1.29, 1.82) is 0 Å². The van der Waals surface area contributed by atoms with Crippen molar-refractivity contribution >= 4 is 40.5 Å². The number of anilines is 3. The summed E-state index contributed by atoms with van der Waals surface area (Å²) in [6.07, 6.45) is 2.28. The molecule has 1 aromatic heterocycles. The Morgan fingerprint density at radius 2 is 1.67 bits per heavy atom. The molecule has 1 aliphatic rings. The molecule has 4 N–H and O–H groups in total. The summed E-state index contributed by atoms with van der Waals surface area (Å²) in [5.74, 6) is 0.886. The van der Waals surface area contributed by atoms with Gasteiger partial charge in [-0.3, -0.25) is 0 Å². The molecular weight excluding hydrogens is 235 g/mol. The molecule has 0 aliphatic carbocycles. The first kappa shape index (κ1) is 10.6. The monoisotopic (exact) mass is 246 g/mol. The average Bonchev–Trinajstić information content (AvgIpc) is 2.73. The summed E-state index contributed by atoms with van der Waals surface area (Å²) in [5, 5.41) is 0.531. The minimum absolute atomic E-state index is 0.233. The Bertz CT molecular complexity index is 388. The van der Waals surface area contributed by atoms with E-state index in [0.717, 1.165) is 25.9 Å². The molecule has 1 aliphatic heterocycles. The minimum atomic E-state index is 0.233. The van der Waals surface area contributed by atoms with Gasteiger partial charge < -0.3 is 16.4 Å². The van der Waals surface area contributed by atoms with Crippen molar-refractivity contribution in [3.63, 3.8) is 0 Å². The largest absolute Gasteiger partial charge is 0.394 e. The number of hydrogen-bond donors (Lipinski definition) is 2. The van der Waals surface area contributed by atoms with Crippen LogP contribution in [0.3, 0.4) is 0 Å². The molecule has 0 radical (unpaired) electrons. The van der Waals surface area contributed by atoms with Crippen LogP contribution in [0.5, 0.6) is 0 Å². The first-order valence-electron chi connectivity index (χ1n) is 4.76. The van der Waals surface area contributed by atoms with E-state index in [9.17, 15) is 0 Å². The van der Waals surface area contributed by atoms with E-state index in [1.54, 1.807) is 0 Å². The molecule has 1 fully saturated rings. The third-order valence-corrected chi connectivity index (χ3v) is 3.40. The first-order chi connectivity index (χ1) is 7.11. The van der Waals surface area contributed by atoms with Crippen LogP contribution in [0.25, 0.3) is 0 Å². The van der Waals surface area contributed by atoms with Crippen molar-refractivity contribution < 1.29 is 0 Å². The van der Waals surface area contributed by atoms with Gasteiger partial charge in [-0.15, -0.1) is 0 Å². The quantitative estimate of drug-likeness (QED) is 0.797. The first-order valence-corrected chi connectivity index (χ1v) is 5.51. The van der Waals surface area contributed by atoms with Gasteiger partial charge in [-0.25, -0.2) is 4.98 Å². The van der Waals surface area contributed by atoms with Gasteiger partial charge in [0.15, 0.2) is 5.82 Å². The van der Waals surface area contributed by atoms with Crippen molar-refractivity contribution in [3.05, 3.63) is 10.0 Å². The fourth-order valence-corrected chi connectivity index (χ4v) is 2.05. The zero-order chi connectivity index (χ0) is 11.0. The molecule has 1 aromatic rings. The third kappa shape index (κ3) is 1.79. The van der Waals surface area contributed by atoms with Gasteiger partial charge in [-0.05, 0) is 12.8 Å². The van der Waals surface area contributed by atoms with Crippen molar-refractivity contribution in [1.82, 2.24) is 4.98 Å². The molecule has 82 valence electrons. The zero-order valence-corrected chi connectivity index (χ0v) is 9.65. The molecule has 0 atom stereocenters. The summed E-state index contributed by atoms with van der Waals surface area (Å²) in [6, 6.07) is 0. The van der Waals surface area contributed by atoms with E-state index in [2.05, 4.69) is 9.88 Å². The molecular formula is C9H12Cl2N4. The number of aromatic nitrogens is 1. The predicted octanol–water partition coefficient (Wildman–Crippen LogP) is 2.15. The van der Waals surface area contributed by atoms with E-state index in [4.69, 9.17) is 34.7 Å². The molecule has 0 amide bonds. The molecule has 0 spiro atoms. The van der Waals surface area contributed by atoms with Gasteiger partial charge in [-0.2, -0.15) is 0 Å². The normalized spacial score (nSPS) is 16.0. The Balaban J connectivity index is 2.47. The fraction of sp³-hybridized carbons (Fsp3) is 0.444. The molecule has 0 saturated carbocycles. The summed E-state index contributed by atoms with van der Waals surface area (Å²) < 4.78 is 0. The second-order valence-corrected chi connectivity index (χ2v) is 4.31. The summed E-state index contributed by atoms with van der Waals surface area (Å²) in [4.78, 5) is 6.25. The summed E-state index contributed by atoms with van der Waals surface area (Å²) in [5.41, 5.74) is 11.9. The third-order valence-electron chi connectivity index (χ3n) is 2.53. The van der Waals surface area contributed by atoms with Gasteiger partial charge >= 0.3 is 0 Å². The number of pyridine rings is 1. The second-order valence-electron chi connectivity index (χ2n) is 3.56. The number of nitrogens with two attached hydrogens (primary N) is 2. The van der Waals surface area contributed by atoms with Crippen LogP contribution in [-0.2, 0) is 0 Å². The van der Waals surface area contributed by atoms with E-state index in [1.165, 1.54) is 0 Å². The topological polar surface area (TPSA) is 68.2 Å². The van der Waals surface area contributed by atoms with Crippen molar-refractivity contribution in [2.45, 2.75) is 12.8 Å². The van der Waals surface area contributed by atoms with E-state index in [1.807, 2.05) is 0 Å². The maximum Gasteiger partial charge on any atom is 0.155 e. The number of nitrogen functional groups attached to an aromatic ring is 2. The number of rotatable bonds is 1. The minimum Gasteiger partial charge on any atom is -0.394 e. The van der Waals surface area contributed by atoms with Crippen molar-refractivity contribution in [2.24, 2.45) is 0 Å². The number of nitrogens with zero attached hydrogens (tertiary/aromatic N) is 2. The van der Waals surface area contributed by atoms with Crippen LogP contribution >= 0.6 is 23.2 Å². The Hall–Kier alpha value is -0.870. The lowest BCUT2D eigenvalue weighted by Crippen LogP contribution is -2.21. The van der Waals surface area contributed by atoms with E-state index < -0.39 is 0 Å². The number of hydrogen-bond acceptors (Lipinski definition) is 4. The Morgan fingerprint density at radius 3 is 2.27 bits per heavy atom. The van der Waals surface area contributed by atoms with Crippen LogP contribution in [0.15, 0.2) is 0 Å². The molecule has 0 unspecified atom stereocenters. The van der Waals surface area contributed by atoms with Gasteiger partial charge in [0, 0.05) is 13.1 Å². The van der Waals surface area contributed by atoms with Crippen LogP contribution in [0.4, 0.5) is 17.3 Å². The highest BCUT2D eigenvalue weighted by molar-refractivity contribution is 6.45. The maximum atomic E-state index is 5.96. The fourth-order valence-electron chi connectivity index (χ4n) is 1.72. The molecule has 2 heterocycles. The molecule has 0 aromatic carbocycles. The molecule has 2 rings (SSSR count). The van der Waals surface area contributed by atoms with Crippen LogP contribution in [-0.4, -0.2) is 18.1 Å². The van der Waals surface area contributed by atoms with Crippen LogP contribution in [0, 0.1) is 0 Å². The van der Waals surface area contributed by atoms with Gasteiger partial charge in [-0.1, -0.05) is 23.2 Å². The predicted molar refractivity (Wildman–Crippen MR) is 64.5 cm³/mol. The second kappa shape index (κ2) is 3.94. The maximum absolute atomic E-state index is 5.96. The molecule has 1 saturated heterocycles. The highest BCUT2D eigenvalue weighted by Gasteiger charge is 2.20. The standard InChI is InChI=1S/C9H12Cl2N4/c10-5-6(11)8(13)14-9(7(5)12)15-3-1-2-4-15/h1-4,12H2,(H2,13,14). The van der Waals surface area contributed by atoms with Gasteiger partial charge in [0.05, 0.1) is 10.7 Å². The van der Waals surface area contributed by atoms with E-state index in [0.29, 0.717) is 16.5 Å². The summed E-state index contributed by atoms with van der Waals surface area (Å²) in [6.45, 7) is 1.88. The Kier molecular flexibility index (Phi) is 2.80. The SMILES string of the molecule is Nc1nc(N2CCCC2)c(N)c(Cl)c1Cl. The van der Waals surface area contributed by atoms with E-state index in [-0.39, 0.29) is 10.8 Å². The molecule has 6 heteroatoms. The lowest BCUT2D eigenvalue weighted by molar-refractivity contribution is 0.942. The zero-order valence-electron chi connectivity index (χ0n) is 8.13. The Morgan fingerprint density at radius 1 is 1.07 bits per heavy atom.